The first kappa shape index (κ1) is 17.8. The van der Waals surface area contributed by atoms with Crippen LogP contribution >= 0.6 is 11.6 Å². The Hall–Kier alpha value is -2.99. The molecule has 1 aliphatic rings. The Balaban J connectivity index is 1.66. The summed E-state index contributed by atoms with van der Waals surface area (Å²) in [4.78, 5) is 23.6. The summed E-state index contributed by atoms with van der Waals surface area (Å²) in [5, 5.41) is 5.92. The molecular formula is C19H17ClN2O4. The summed E-state index contributed by atoms with van der Waals surface area (Å²) >= 11 is 6.12. The summed E-state index contributed by atoms with van der Waals surface area (Å²) in [6, 6.07) is 10.4. The van der Waals surface area contributed by atoms with Crippen molar-refractivity contribution in [3.63, 3.8) is 0 Å². The SMILES string of the molecule is CCC(=O)Nc1cccc(NC(=O)/C=C/c2cc(Cl)c3c(c2)OCO3)c1. The van der Waals surface area contributed by atoms with Gasteiger partial charge in [-0.1, -0.05) is 24.6 Å². The lowest BCUT2D eigenvalue weighted by Gasteiger charge is -2.07. The maximum atomic E-state index is 12.1. The van der Waals surface area contributed by atoms with Crippen molar-refractivity contribution in [3.05, 3.63) is 53.1 Å². The smallest absolute Gasteiger partial charge is 0.248 e. The van der Waals surface area contributed by atoms with E-state index >= 15 is 0 Å². The molecule has 2 aromatic carbocycles. The second kappa shape index (κ2) is 7.93. The maximum Gasteiger partial charge on any atom is 0.248 e. The first-order valence-corrected chi connectivity index (χ1v) is 8.41. The average Bonchev–Trinajstić information content (AvgIpc) is 3.09. The summed E-state index contributed by atoms with van der Waals surface area (Å²) in [7, 11) is 0. The van der Waals surface area contributed by atoms with Crippen LogP contribution in [-0.2, 0) is 9.59 Å². The highest BCUT2D eigenvalue weighted by Gasteiger charge is 2.17. The first-order chi connectivity index (χ1) is 12.5. The molecule has 3 rings (SSSR count). The van der Waals surface area contributed by atoms with E-state index in [1.54, 1.807) is 49.4 Å². The number of carbonyl (C=O) groups excluding carboxylic acids is 2. The Morgan fingerprint density at radius 1 is 1.15 bits per heavy atom. The summed E-state index contributed by atoms with van der Waals surface area (Å²) in [6.07, 6.45) is 3.41. The number of halogens is 1. The van der Waals surface area contributed by atoms with Crippen LogP contribution in [0.5, 0.6) is 11.5 Å². The number of hydrogen-bond donors (Lipinski definition) is 2. The Kier molecular flexibility index (Phi) is 5.43. The van der Waals surface area contributed by atoms with Gasteiger partial charge in [0.1, 0.15) is 0 Å². The second-order valence-corrected chi connectivity index (χ2v) is 5.95. The second-order valence-electron chi connectivity index (χ2n) is 5.54. The van der Waals surface area contributed by atoms with Crippen LogP contribution in [0.2, 0.25) is 5.02 Å². The zero-order valence-electron chi connectivity index (χ0n) is 14.0. The van der Waals surface area contributed by atoms with E-state index in [1.165, 1.54) is 6.08 Å². The molecular weight excluding hydrogens is 356 g/mol. The van der Waals surface area contributed by atoms with E-state index < -0.39 is 0 Å². The lowest BCUT2D eigenvalue weighted by molar-refractivity contribution is -0.116. The van der Waals surface area contributed by atoms with Gasteiger partial charge in [0.05, 0.1) is 5.02 Å². The van der Waals surface area contributed by atoms with Crippen molar-refractivity contribution in [1.82, 2.24) is 0 Å². The molecule has 0 saturated heterocycles. The third-order valence-corrected chi connectivity index (χ3v) is 3.89. The van der Waals surface area contributed by atoms with Crippen LogP contribution in [0.15, 0.2) is 42.5 Å². The van der Waals surface area contributed by atoms with E-state index in [1.807, 2.05) is 0 Å². The zero-order valence-corrected chi connectivity index (χ0v) is 14.8. The molecule has 0 unspecified atom stereocenters. The molecule has 0 bridgehead atoms. The normalized spacial score (nSPS) is 12.2. The fourth-order valence-corrected chi connectivity index (χ4v) is 2.64. The van der Waals surface area contributed by atoms with Crippen LogP contribution in [0.4, 0.5) is 11.4 Å². The van der Waals surface area contributed by atoms with Crippen LogP contribution in [0.3, 0.4) is 0 Å². The lowest BCUT2D eigenvalue weighted by atomic mass is 10.2. The molecule has 0 radical (unpaired) electrons. The minimum Gasteiger partial charge on any atom is -0.454 e. The Morgan fingerprint density at radius 2 is 1.92 bits per heavy atom. The summed E-state index contributed by atoms with van der Waals surface area (Å²) in [6.45, 7) is 1.90. The summed E-state index contributed by atoms with van der Waals surface area (Å²) < 4.78 is 10.5. The van der Waals surface area contributed by atoms with Crippen molar-refractivity contribution >= 4 is 40.9 Å². The minimum atomic E-state index is -0.308. The van der Waals surface area contributed by atoms with Crippen LogP contribution in [0.25, 0.3) is 6.08 Å². The molecule has 0 saturated carbocycles. The van der Waals surface area contributed by atoms with Gasteiger partial charge in [-0.3, -0.25) is 9.59 Å². The third kappa shape index (κ3) is 4.34. The van der Waals surface area contributed by atoms with Gasteiger partial charge in [0.25, 0.3) is 0 Å². The van der Waals surface area contributed by atoms with E-state index in [-0.39, 0.29) is 18.6 Å². The predicted octanol–water partition coefficient (Wildman–Crippen LogP) is 4.07. The number of nitrogens with one attached hydrogen (secondary N) is 2. The van der Waals surface area contributed by atoms with Crippen molar-refractivity contribution in [3.8, 4) is 11.5 Å². The fourth-order valence-electron chi connectivity index (χ4n) is 2.36. The standard InChI is InChI=1S/C19H17ClN2O4/c1-2-17(23)21-13-4-3-5-14(10-13)22-18(24)7-6-12-8-15(20)19-16(9-12)25-11-26-19/h3-10H,2,11H2,1H3,(H,21,23)(H,22,24)/b7-6+. The van der Waals surface area contributed by atoms with Gasteiger partial charge in [-0.05, 0) is 42.0 Å². The van der Waals surface area contributed by atoms with Crippen molar-refractivity contribution in [1.29, 1.82) is 0 Å². The molecule has 0 fully saturated rings. The molecule has 2 N–H and O–H groups in total. The van der Waals surface area contributed by atoms with Crippen LogP contribution in [0, 0.1) is 0 Å². The first-order valence-electron chi connectivity index (χ1n) is 8.03. The molecule has 0 spiro atoms. The van der Waals surface area contributed by atoms with Gasteiger partial charge in [0, 0.05) is 23.9 Å². The van der Waals surface area contributed by atoms with E-state index in [2.05, 4.69) is 10.6 Å². The maximum absolute atomic E-state index is 12.1. The molecule has 6 nitrogen and oxygen atoms in total. The molecule has 134 valence electrons. The van der Waals surface area contributed by atoms with Gasteiger partial charge in [0.15, 0.2) is 11.5 Å². The molecule has 0 atom stereocenters. The monoisotopic (exact) mass is 372 g/mol. The van der Waals surface area contributed by atoms with Gasteiger partial charge in [0.2, 0.25) is 18.6 Å². The number of fused-ring (bicyclic) bond motifs is 1. The van der Waals surface area contributed by atoms with E-state index in [0.29, 0.717) is 34.3 Å². The van der Waals surface area contributed by atoms with Crippen molar-refractivity contribution in [2.24, 2.45) is 0 Å². The molecule has 0 aliphatic carbocycles. The average molecular weight is 373 g/mol. The number of carbonyl (C=O) groups is 2. The van der Waals surface area contributed by atoms with Crippen molar-refractivity contribution < 1.29 is 19.1 Å². The number of rotatable bonds is 5. The van der Waals surface area contributed by atoms with E-state index in [9.17, 15) is 9.59 Å². The molecule has 26 heavy (non-hydrogen) atoms. The number of ether oxygens (including phenoxy) is 2. The highest BCUT2D eigenvalue weighted by atomic mass is 35.5. The van der Waals surface area contributed by atoms with Gasteiger partial charge in [-0.25, -0.2) is 0 Å². The fraction of sp³-hybridized carbons (Fsp3) is 0.158. The highest BCUT2D eigenvalue weighted by molar-refractivity contribution is 6.32. The quantitative estimate of drug-likeness (QED) is 0.776. The summed E-state index contributed by atoms with van der Waals surface area (Å²) in [5.41, 5.74) is 1.93. The molecule has 1 aliphatic heterocycles. The van der Waals surface area contributed by atoms with Crippen molar-refractivity contribution in [2.45, 2.75) is 13.3 Å². The van der Waals surface area contributed by atoms with Crippen LogP contribution < -0.4 is 20.1 Å². The molecule has 7 heteroatoms. The minimum absolute atomic E-state index is 0.0898. The van der Waals surface area contributed by atoms with Gasteiger partial charge < -0.3 is 20.1 Å². The van der Waals surface area contributed by atoms with Gasteiger partial charge in [-0.2, -0.15) is 0 Å². The van der Waals surface area contributed by atoms with Crippen molar-refractivity contribution in [2.75, 3.05) is 17.4 Å². The van der Waals surface area contributed by atoms with Crippen LogP contribution in [0.1, 0.15) is 18.9 Å². The Morgan fingerprint density at radius 3 is 2.69 bits per heavy atom. The van der Waals surface area contributed by atoms with E-state index in [0.717, 1.165) is 5.56 Å². The molecule has 2 aromatic rings. The highest BCUT2D eigenvalue weighted by Crippen LogP contribution is 2.40. The Bertz CT molecular complexity index is 880. The van der Waals surface area contributed by atoms with E-state index in [4.69, 9.17) is 21.1 Å². The topological polar surface area (TPSA) is 76.7 Å². The number of anilines is 2. The number of benzene rings is 2. The molecule has 1 heterocycles. The number of hydrogen-bond acceptors (Lipinski definition) is 4. The zero-order chi connectivity index (χ0) is 18.5. The van der Waals surface area contributed by atoms with Gasteiger partial charge >= 0.3 is 0 Å². The lowest BCUT2D eigenvalue weighted by Crippen LogP contribution is -2.11. The predicted molar refractivity (Wildman–Crippen MR) is 101 cm³/mol. The molecule has 0 aromatic heterocycles. The Labute approximate surface area is 155 Å². The summed E-state index contributed by atoms with van der Waals surface area (Å²) in [5.74, 6) is 0.668. The largest absolute Gasteiger partial charge is 0.454 e. The van der Waals surface area contributed by atoms with Gasteiger partial charge in [-0.15, -0.1) is 0 Å². The number of amides is 2. The van der Waals surface area contributed by atoms with Crippen LogP contribution in [-0.4, -0.2) is 18.6 Å². The third-order valence-electron chi connectivity index (χ3n) is 3.61. The molecule has 2 amide bonds.